The SMILES string of the molecule is Cc1cc2nnn(CC(=O)Nc3sc4c(c3C#N)CCC(C)C4)c2cc1C. The van der Waals surface area contributed by atoms with Crippen molar-refractivity contribution in [3.63, 3.8) is 0 Å². The molecule has 4 rings (SSSR count). The van der Waals surface area contributed by atoms with E-state index in [4.69, 9.17) is 0 Å². The van der Waals surface area contributed by atoms with Crippen LogP contribution < -0.4 is 5.32 Å². The molecule has 0 saturated carbocycles. The number of aromatic nitrogens is 3. The number of nitriles is 1. The van der Waals surface area contributed by atoms with Gasteiger partial charge < -0.3 is 5.32 Å². The zero-order valence-electron chi connectivity index (χ0n) is 15.7. The number of hydrogen-bond acceptors (Lipinski definition) is 5. The number of thiophene rings is 1. The van der Waals surface area contributed by atoms with E-state index in [0.717, 1.165) is 47.0 Å². The van der Waals surface area contributed by atoms with Gasteiger partial charge in [0.05, 0.1) is 11.1 Å². The van der Waals surface area contributed by atoms with E-state index in [9.17, 15) is 10.1 Å². The lowest BCUT2D eigenvalue weighted by atomic mass is 9.89. The number of carbonyl (C=O) groups excluding carboxylic acids is 1. The molecule has 1 unspecified atom stereocenters. The van der Waals surface area contributed by atoms with Crippen molar-refractivity contribution in [1.29, 1.82) is 5.26 Å². The largest absolute Gasteiger partial charge is 0.315 e. The minimum absolute atomic E-state index is 0.0723. The van der Waals surface area contributed by atoms with E-state index in [-0.39, 0.29) is 12.5 Å². The number of hydrogen-bond donors (Lipinski definition) is 1. The zero-order chi connectivity index (χ0) is 19.1. The molecule has 0 bridgehead atoms. The smallest absolute Gasteiger partial charge is 0.246 e. The second kappa shape index (κ2) is 6.78. The Bertz CT molecular complexity index is 1090. The molecular formula is C20H21N5OS. The highest BCUT2D eigenvalue weighted by molar-refractivity contribution is 7.16. The van der Waals surface area contributed by atoms with Crippen molar-refractivity contribution in [2.75, 3.05) is 5.32 Å². The molecule has 3 aromatic rings. The summed E-state index contributed by atoms with van der Waals surface area (Å²) in [7, 11) is 0. The molecule has 1 aromatic carbocycles. The molecule has 1 N–H and O–H groups in total. The second-order valence-corrected chi connectivity index (χ2v) is 8.49. The summed E-state index contributed by atoms with van der Waals surface area (Å²) in [6.07, 6.45) is 2.99. The fourth-order valence-corrected chi connectivity index (χ4v) is 4.98. The van der Waals surface area contributed by atoms with Crippen LogP contribution in [0.2, 0.25) is 0 Å². The Hall–Kier alpha value is -2.72. The van der Waals surface area contributed by atoms with Crippen LogP contribution in [0.1, 0.15) is 40.5 Å². The lowest BCUT2D eigenvalue weighted by Gasteiger charge is -2.17. The lowest BCUT2D eigenvalue weighted by Crippen LogP contribution is -2.19. The third-order valence-corrected chi connectivity index (χ3v) is 6.47. The number of carbonyl (C=O) groups is 1. The monoisotopic (exact) mass is 379 g/mol. The summed E-state index contributed by atoms with van der Waals surface area (Å²) in [6, 6.07) is 6.27. The van der Waals surface area contributed by atoms with Gasteiger partial charge in [-0.05, 0) is 67.9 Å². The highest BCUT2D eigenvalue weighted by Crippen LogP contribution is 2.39. The van der Waals surface area contributed by atoms with Gasteiger partial charge in [0.1, 0.15) is 23.1 Å². The van der Waals surface area contributed by atoms with Crippen LogP contribution >= 0.6 is 11.3 Å². The van der Waals surface area contributed by atoms with Crippen LogP contribution in [0.5, 0.6) is 0 Å². The Balaban J connectivity index is 1.57. The van der Waals surface area contributed by atoms with E-state index in [1.54, 1.807) is 4.68 Å². The van der Waals surface area contributed by atoms with Crippen LogP contribution in [-0.2, 0) is 24.2 Å². The van der Waals surface area contributed by atoms with Crippen molar-refractivity contribution >= 4 is 33.3 Å². The summed E-state index contributed by atoms with van der Waals surface area (Å²) in [5.41, 5.74) is 5.66. The molecule has 0 spiro atoms. The first-order valence-electron chi connectivity index (χ1n) is 9.11. The van der Waals surface area contributed by atoms with Gasteiger partial charge in [-0.15, -0.1) is 16.4 Å². The first-order chi connectivity index (χ1) is 13.0. The third-order valence-electron chi connectivity index (χ3n) is 5.30. The van der Waals surface area contributed by atoms with Gasteiger partial charge >= 0.3 is 0 Å². The number of benzene rings is 1. The lowest BCUT2D eigenvalue weighted by molar-refractivity contribution is -0.116. The first-order valence-corrected chi connectivity index (χ1v) is 9.93. The molecule has 2 heterocycles. The fraction of sp³-hybridized carbons (Fsp3) is 0.400. The summed E-state index contributed by atoms with van der Waals surface area (Å²) in [5, 5.41) is 21.5. The van der Waals surface area contributed by atoms with E-state index in [0.29, 0.717) is 16.5 Å². The number of rotatable bonds is 3. The standard InChI is InChI=1S/C20H21N5OS/c1-11-4-5-14-15(9-21)20(27-18(14)6-11)22-19(26)10-25-17-8-13(3)12(2)7-16(17)23-24-25/h7-8,11H,4-6,10H2,1-3H3,(H,22,26). The number of aryl methyl sites for hydroxylation is 2. The van der Waals surface area contributed by atoms with Gasteiger partial charge in [0.15, 0.2) is 0 Å². The summed E-state index contributed by atoms with van der Waals surface area (Å²) in [5.74, 6) is 0.433. The molecule has 1 atom stereocenters. The fourth-order valence-electron chi connectivity index (χ4n) is 3.60. The van der Waals surface area contributed by atoms with Gasteiger partial charge in [0, 0.05) is 4.88 Å². The van der Waals surface area contributed by atoms with Crippen LogP contribution in [0.25, 0.3) is 11.0 Å². The molecular weight excluding hydrogens is 358 g/mol. The molecule has 0 fully saturated rings. The molecule has 138 valence electrons. The second-order valence-electron chi connectivity index (χ2n) is 7.39. The van der Waals surface area contributed by atoms with Crippen molar-refractivity contribution in [3.05, 3.63) is 39.3 Å². The van der Waals surface area contributed by atoms with Crippen molar-refractivity contribution < 1.29 is 4.79 Å². The Labute approximate surface area is 161 Å². The molecule has 1 aliphatic carbocycles. The predicted molar refractivity (Wildman–Crippen MR) is 106 cm³/mol. The minimum Gasteiger partial charge on any atom is -0.315 e. The number of amides is 1. The molecule has 0 aliphatic heterocycles. The zero-order valence-corrected chi connectivity index (χ0v) is 16.5. The molecule has 0 saturated heterocycles. The Morgan fingerprint density at radius 1 is 1.41 bits per heavy atom. The minimum atomic E-state index is -0.192. The topological polar surface area (TPSA) is 83.6 Å². The molecule has 0 radical (unpaired) electrons. The third kappa shape index (κ3) is 3.21. The maximum atomic E-state index is 12.6. The van der Waals surface area contributed by atoms with Gasteiger partial charge in [-0.3, -0.25) is 4.79 Å². The summed E-state index contributed by atoms with van der Waals surface area (Å²) < 4.78 is 1.61. The van der Waals surface area contributed by atoms with Crippen molar-refractivity contribution in [2.24, 2.45) is 5.92 Å². The van der Waals surface area contributed by atoms with E-state index in [1.165, 1.54) is 16.2 Å². The van der Waals surface area contributed by atoms with E-state index in [2.05, 4.69) is 28.6 Å². The predicted octanol–water partition coefficient (Wildman–Crippen LogP) is 3.74. The number of nitrogens with zero attached hydrogens (tertiary/aromatic N) is 4. The molecule has 27 heavy (non-hydrogen) atoms. The van der Waals surface area contributed by atoms with Crippen LogP contribution in [0.3, 0.4) is 0 Å². The quantitative estimate of drug-likeness (QED) is 0.751. The summed E-state index contributed by atoms with van der Waals surface area (Å²) in [4.78, 5) is 13.9. The van der Waals surface area contributed by atoms with E-state index < -0.39 is 0 Å². The van der Waals surface area contributed by atoms with Crippen molar-refractivity contribution in [1.82, 2.24) is 15.0 Å². The maximum absolute atomic E-state index is 12.6. The van der Waals surface area contributed by atoms with Gasteiger partial charge in [-0.25, -0.2) is 4.68 Å². The molecule has 6 nitrogen and oxygen atoms in total. The first kappa shape index (κ1) is 17.7. The summed E-state index contributed by atoms with van der Waals surface area (Å²) in [6.45, 7) is 6.36. The van der Waals surface area contributed by atoms with Gasteiger partial charge in [0.25, 0.3) is 0 Å². The van der Waals surface area contributed by atoms with Crippen LogP contribution in [-0.4, -0.2) is 20.9 Å². The van der Waals surface area contributed by atoms with Crippen molar-refractivity contribution in [3.8, 4) is 6.07 Å². The normalized spacial score (nSPS) is 16.1. The van der Waals surface area contributed by atoms with Gasteiger partial charge in [-0.1, -0.05) is 12.1 Å². The molecule has 1 amide bonds. The highest BCUT2D eigenvalue weighted by atomic mass is 32.1. The van der Waals surface area contributed by atoms with Gasteiger partial charge in [0.2, 0.25) is 5.91 Å². The summed E-state index contributed by atoms with van der Waals surface area (Å²) >= 11 is 1.54. The Morgan fingerprint density at radius 3 is 2.96 bits per heavy atom. The van der Waals surface area contributed by atoms with E-state index in [1.807, 2.05) is 26.0 Å². The average Bonchev–Trinajstić information content (AvgIpc) is 3.15. The number of nitrogens with one attached hydrogen (secondary N) is 1. The van der Waals surface area contributed by atoms with Crippen LogP contribution in [0.4, 0.5) is 5.00 Å². The van der Waals surface area contributed by atoms with Gasteiger partial charge in [-0.2, -0.15) is 5.26 Å². The number of fused-ring (bicyclic) bond motifs is 2. The average molecular weight is 379 g/mol. The maximum Gasteiger partial charge on any atom is 0.246 e. The Morgan fingerprint density at radius 2 is 2.19 bits per heavy atom. The molecule has 1 aliphatic rings. The Kier molecular flexibility index (Phi) is 4.44. The van der Waals surface area contributed by atoms with Crippen LogP contribution in [0, 0.1) is 31.1 Å². The van der Waals surface area contributed by atoms with E-state index >= 15 is 0 Å². The molecule has 7 heteroatoms. The molecule has 2 aromatic heterocycles. The van der Waals surface area contributed by atoms with Crippen LogP contribution in [0.15, 0.2) is 12.1 Å². The van der Waals surface area contributed by atoms with Crippen molar-refractivity contribution in [2.45, 2.75) is 46.6 Å². The number of anilines is 1. The highest BCUT2D eigenvalue weighted by Gasteiger charge is 2.24.